The molecule has 0 bridgehead atoms. The fourth-order valence-corrected chi connectivity index (χ4v) is 1.42. The number of carboxylic acids is 1. The summed E-state index contributed by atoms with van der Waals surface area (Å²) in [6.45, 7) is 6.77. The molecule has 0 heterocycles. The van der Waals surface area contributed by atoms with Gasteiger partial charge in [-0.25, -0.2) is 4.79 Å². The first kappa shape index (κ1) is 13.7. The molecule has 0 fully saturated rings. The van der Waals surface area contributed by atoms with Crippen LogP contribution in [-0.4, -0.2) is 17.7 Å². The molecule has 0 aliphatic carbocycles. The lowest BCUT2D eigenvalue weighted by atomic mass is 9.93. The summed E-state index contributed by atoms with van der Waals surface area (Å²) in [5.41, 5.74) is 0.841. The quantitative estimate of drug-likeness (QED) is 0.853. The second kappa shape index (κ2) is 5.82. The fourth-order valence-electron chi connectivity index (χ4n) is 1.42. The van der Waals surface area contributed by atoms with Gasteiger partial charge >= 0.3 is 5.97 Å². The van der Waals surface area contributed by atoms with Crippen LogP contribution >= 0.6 is 0 Å². The van der Waals surface area contributed by atoms with Crippen molar-refractivity contribution in [3.05, 3.63) is 35.9 Å². The Bertz CT molecular complexity index is 351. The van der Waals surface area contributed by atoms with Gasteiger partial charge in [0, 0.05) is 6.61 Å². The van der Waals surface area contributed by atoms with Gasteiger partial charge in [0.1, 0.15) is 0 Å². The smallest absolute Gasteiger partial charge is 0.337 e. The lowest BCUT2D eigenvalue weighted by Gasteiger charge is -2.20. The van der Waals surface area contributed by atoms with Crippen LogP contribution in [0.4, 0.5) is 0 Å². The third kappa shape index (κ3) is 5.00. The molecule has 0 aromatic heterocycles. The second-order valence-corrected chi connectivity index (χ2v) is 5.31. The van der Waals surface area contributed by atoms with Gasteiger partial charge in [0.2, 0.25) is 0 Å². The van der Waals surface area contributed by atoms with E-state index in [4.69, 9.17) is 9.84 Å². The van der Waals surface area contributed by atoms with Crippen LogP contribution in [0.25, 0.3) is 0 Å². The molecule has 3 nitrogen and oxygen atoms in total. The maximum Gasteiger partial charge on any atom is 0.337 e. The molecule has 1 unspecified atom stereocenters. The highest BCUT2D eigenvalue weighted by molar-refractivity contribution is 5.74. The summed E-state index contributed by atoms with van der Waals surface area (Å²) in [7, 11) is 0. The van der Waals surface area contributed by atoms with Crippen LogP contribution in [0.5, 0.6) is 0 Å². The van der Waals surface area contributed by atoms with Crippen molar-refractivity contribution in [2.75, 3.05) is 6.61 Å². The van der Waals surface area contributed by atoms with Gasteiger partial charge in [0.25, 0.3) is 0 Å². The molecule has 0 aliphatic heterocycles. The van der Waals surface area contributed by atoms with E-state index in [-0.39, 0.29) is 5.41 Å². The van der Waals surface area contributed by atoms with Gasteiger partial charge in [-0.05, 0) is 17.4 Å². The van der Waals surface area contributed by atoms with Crippen molar-refractivity contribution >= 4 is 5.97 Å². The molecule has 0 spiro atoms. The van der Waals surface area contributed by atoms with Gasteiger partial charge in [-0.1, -0.05) is 51.1 Å². The summed E-state index contributed by atoms with van der Waals surface area (Å²) in [5, 5.41) is 9.13. The van der Waals surface area contributed by atoms with E-state index in [1.165, 1.54) is 0 Å². The minimum Gasteiger partial charge on any atom is -0.479 e. The van der Waals surface area contributed by atoms with E-state index in [2.05, 4.69) is 20.8 Å². The van der Waals surface area contributed by atoms with Gasteiger partial charge < -0.3 is 9.84 Å². The average molecular weight is 236 g/mol. The maximum atomic E-state index is 11.1. The summed E-state index contributed by atoms with van der Waals surface area (Å²) in [6.07, 6.45) is -0.0255. The summed E-state index contributed by atoms with van der Waals surface area (Å²) in [4.78, 5) is 11.1. The predicted octanol–water partition coefficient (Wildman–Crippen LogP) is 3.27. The van der Waals surface area contributed by atoms with Crippen molar-refractivity contribution in [1.29, 1.82) is 0 Å². The Hall–Kier alpha value is -1.35. The van der Waals surface area contributed by atoms with Gasteiger partial charge in [0.15, 0.2) is 6.10 Å². The summed E-state index contributed by atoms with van der Waals surface area (Å²) >= 11 is 0. The molecule has 1 aromatic rings. The minimum absolute atomic E-state index is 0.153. The number of benzene rings is 1. The Morgan fingerprint density at radius 1 is 1.29 bits per heavy atom. The Morgan fingerprint density at radius 3 is 2.35 bits per heavy atom. The van der Waals surface area contributed by atoms with Crippen LogP contribution in [0, 0.1) is 5.41 Å². The first-order chi connectivity index (χ1) is 7.90. The van der Waals surface area contributed by atoms with E-state index in [0.29, 0.717) is 12.2 Å². The van der Waals surface area contributed by atoms with Crippen LogP contribution in [0.2, 0.25) is 0 Å². The number of ether oxygens (including phenoxy) is 1. The second-order valence-electron chi connectivity index (χ2n) is 5.31. The van der Waals surface area contributed by atoms with E-state index >= 15 is 0 Å². The Balaban J connectivity index is 2.60. The SMILES string of the molecule is CC(C)(C)CCOC(C(=O)O)c1ccccc1. The first-order valence-electron chi connectivity index (χ1n) is 5.79. The van der Waals surface area contributed by atoms with Crippen molar-refractivity contribution in [1.82, 2.24) is 0 Å². The Kier molecular flexibility index (Phi) is 4.70. The molecular weight excluding hydrogens is 216 g/mol. The van der Waals surface area contributed by atoms with Crippen molar-refractivity contribution < 1.29 is 14.6 Å². The summed E-state index contributed by atoms with van der Waals surface area (Å²) in [5.74, 6) is -0.940. The highest BCUT2D eigenvalue weighted by Gasteiger charge is 2.21. The van der Waals surface area contributed by atoms with Gasteiger partial charge in [-0.2, -0.15) is 0 Å². The van der Waals surface area contributed by atoms with Crippen molar-refractivity contribution in [3.8, 4) is 0 Å². The van der Waals surface area contributed by atoms with Gasteiger partial charge in [-0.15, -0.1) is 0 Å². The zero-order chi connectivity index (χ0) is 12.9. The van der Waals surface area contributed by atoms with Crippen LogP contribution < -0.4 is 0 Å². The third-order valence-electron chi connectivity index (χ3n) is 2.46. The van der Waals surface area contributed by atoms with Crippen LogP contribution in [0.3, 0.4) is 0 Å². The number of hydrogen-bond donors (Lipinski definition) is 1. The van der Waals surface area contributed by atoms with E-state index < -0.39 is 12.1 Å². The summed E-state index contributed by atoms with van der Waals surface area (Å²) in [6, 6.07) is 9.04. The molecule has 1 N–H and O–H groups in total. The standard InChI is InChI=1S/C14H20O3/c1-14(2,3)9-10-17-12(13(15)16)11-7-5-4-6-8-11/h4-8,12H,9-10H2,1-3H3,(H,15,16). The highest BCUT2D eigenvalue weighted by atomic mass is 16.5. The third-order valence-corrected chi connectivity index (χ3v) is 2.46. The molecule has 1 aromatic carbocycles. The number of rotatable bonds is 5. The highest BCUT2D eigenvalue weighted by Crippen LogP contribution is 2.22. The minimum atomic E-state index is -0.940. The van der Waals surface area contributed by atoms with Crippen molar-refractivity contribution in [2.24, 2.45) is 5.41 Å². The molecule has 17 heavy (non-hydrogen) atoms. The van der Waals surface area contributed by atoms with Crippen LogP contribution in [0.1, 0.15) is 38.9 Å². The molecule has 94 valence electrons. The van der Waals surface area contributed by atoms with Crippen LogP contribution in [-0.2, 0) is 9.53 Å². The Morgan fingerprint density at radius 2 is 1.88 bits per heavy atom. The zero-order valence-corrected chi connectivity index (χ0v) is 10.6. The van der Waals surface area contributed by atoms with Crippen molar-refractivity contribution in [3.63, 3.8) is 0 Å². The normalized spacial score (nSPS) is 13.4. The lowest BCUT2D eigenvalue weighted by Crippen LogP contribution is -2.18. The molecule has 1 atom stereocenters. The monoisotopic (exact) mass is 236 g/mol. The number of aliphatic carboxylic acids is 1. The average Bonchev–Trinajstić information content (AvgIpc) is 2.23. The predicted molar refractivity (Wildman–Crippen MR) is 66.8 cm³/mol. The fraction of sp³-hybridized carbons (Fsp3) is 0.500. The van der Waals surface area contributed by atoms with E-state index in [1.54, 1.807) is 12.1 Å². The largest absolute Gasteiger partial charge is 0.479 e. The molecule has 0 saturated heterocycles. The number of carbonyl (C=O) groups is 1. The molecule has 0 radical (unpaired) electrons. The number of carboxylic acid groups (broad SMARTS) is 1. The first-order valence-corrected chi connectivity index (χ1v) is 5.79. The summed E-state index contributed by atoms with van der Waals surface area (Å²) < 4.78 is 5.47. The molecule has 3 heteroatoms. The van der Waals surface area contributed by atoms with Crippen LogP contribution in [0.15, 0.2) is 30.3 Å². The zero-order valence-electron chi connectivity index (χ0n) is 10.6. The molecule has 0 amide bonds. The lowest BCUT2D eigenvalue weighted by molar-refractivity contribution is -0.151. The topological polar surface area (TPSA) is 46.5 Å². The maximum absolute atomic E-state index is 11.1. The van der Waals surface area contributed by atoms with E-state index in [0.717, 1.165) is 6.42 Å². The van der Waals surface area contributed by atoms with E-state index in [9.17, 15) is 4.79 Å². The Labute approximate surface area is 102 Å². The van der Waals surface area contributed by atoms with Crippen molar-refractivity contribution in [2.45, 2.75) is 33.3 Å². The van der Waals surface area contributed by atoms with Gasteiger partial charge in [-0.3, -0.25) is 0 Å². The van der Waals surface area contributed by atoms with Gasteiger partial charge in [0.05, 0.1) is 0 Å². The molecule has 0 aliphatic rings. The molecular formula is C14H20O3. The molecule has 0 saturated carbocycles. The number of hydrogen-bond acceptors (Lipinski definition) is 2. The van der Waals surface area contributed by atoms with E-state index in [1.807, 2.05) is 18.2 Å². The molecule has 1 rings (SSSR count).